The minimum Gasteiger partial charge on any atom is -0.382 e. The normalized spacial score (nSPS) is 13.0. The van der Waals surface area contributed by atoms with Gasteiger partial charge in [-0.3, -0.25) is 0 Å². The van der Waals surface area contributed by atoms with E-state index in [1.165, 1.54) is 0 Å². The first-order valence-corrected chi connectivity index (χ1v) is 5.29. The van der Waals surface area contributed by atoms with Gasteiger partial charge in [0.25, 0.3) is 0 Å². The summed E-state index contributed by atoms with van der Waals surface area (Å²) in [5.74, 6) is 0.862. The van der Waals surface area contributed by atoms with E-state index in [9.17, 15) is 0 Å². The summed E-state index contributed by atoms with van der Waals surface area (Å²) in [6, 6.07) is 0.221. The molecule has 6 nitrogen and oxygen atoms in total. The highest BCUT2D eigenvalue weighted by Gasteiger charge is 2.14. The van der Waals surface area contributed by atoms with Crippen molar-refractivity contribution in [3.63, 3.8) is 0 Å². The number of hydrogen-bond donors (Lipinski definition) is 1. The van der Waals surface area contributed by atoms with Gasteiger partial charge >= 0.3 is 0 Å². The second-order valence-corrected chi connectivity index (χ2v) is 3.34. The fraction of sp³-hybridized carbons (Fsp3) is 0.889. The zero-order valence-corrected chi connectivity index (χ0v) is 9.60. The Morgan fingerprint density at radius 2 is 2.27 bits per heavy atom. The summed E-state index contributed by atoms with van der Waals surface area (Å²) >= 11 is 0. The van der Waals surface area contributed by atoms with Crippen molar-refractivity contribution in [1.29, 1.82) is 0 Å². The SMILES string of the molecule is CCNCc1nnnn1C(CC)COC. The van der Waals surface area contributed by atoms with E-state index >= 15 is 0 Å². The van der Waals surface area contributed by atoms with Crippen molar-refractivity contribution in [2.24, 2.45) is 0 Å². The highest BCUT2D eigenvalue weighted by molar-refractivity contribution is 4.83. The molecule has 1 unspecified atom stereocenters. The van der Waals surface area contributed by atoms with Gasteiger partial charge in [-0.05, 0) is 23.4 Å². The quantitative estimate of drug-likeness (QED) is 0.709. The molecule has 1 N–H and O–H groups in total. The summed E-state index contributed by atoms with van der Waals surface area (Å²) in [4.78, 5) is 0. The summed E-state index contributed by atoms with van der Waals surface area (Å²) < 4.78 is 6.98. The van der Waals surface area contributed by atoms with E-state index in [1.807, 2.05) is 4.68 Å². The maximum atomic E-state index is 5.14. The lowest BCUT2D eigenvalue weighted by atomic mass is 10.2. The number of methoxy groups -OCH3 is 1. The highest BCUT2D eigenvalue weighted by Crippen LogP contribution is 2.11. The number of hydrogen-bond acceptors (Lipinski definition) is 5. The van der Waals surface area contributed by atoms with Gasteiger partial charge in [0.1, 0.15) is 0 Å². The Kier molecular flexibility index (Phi) is 5.20. The highest BCUT2D eigenvalue weighted by atomic mass is 16.5. The lowest BCUT2D eigenvalue weighted by molar-refractivity contribution is 0.144. The third-order valence-corrected chi connectivity index (χ3v) is 2.27. The molecule has 0 aliphatic heterocycles. The first kappa shape index (κ1) is 12.1. The number of aromatic nitrogens is 4. The average molecular weight is 213 g/mol. The van der Waals surface area contributed by atoms with Gasteiger partial charge in [0, 0.05) is 7.11 Å². The molecule has 0 saturated heterocycles. The Hall–Kier alpha value is -1.01. The molecule has 1 atom stereocenters. The molecule has 1 heterocycles. The molecular weight excluding hydrogens is 194 g/mol. The fourth-order valence-electron chi connectivity index (χ4n) is 1.40. The average Bonchev–Trinajstić information content (AvgIpc) is 2.71. The van der Waals surface area contributed by atoms with Crippen molar-refractivity contribution in [3.8, 4) is 0 Å². The summed E-state index contributed by atoms with van der Waals surface area (Å²) in [6.07, 6.45) is 0.956. The van der Waals surface area contributed by atoms with Crippen molar-refractivity contribution in [2.45, 2.75) is 32.9 Å². The topological polar surface area (TPSA) is 64.9 Å². The molecule has 86 valence electrons. The molecule has 1 aromatic heterocycles. The number of nitrogens with one attached hydrogen (secondary N) is 1. The first-order valence-electron chi connectivity index (χ1n) is 5.29. The lowest BCUT2D eigenvalue weighted by Crippen LogP contribution is -2.22. The van der Waals surface area contributed by atoms with E-state index in [0.717, 1.165) is 18.8 Å². The van der Waals surface area contributed by atoms with E-state index in [-0.39, 0.29) is 6.04 Å². The lowest BCUT2D eigenvalue weighted by Gasteiger charge is -2.15. The fourth-order valence-corrected chi connectivity index (χ4v) is 1.40. The number of tetrazole rings is 1. The molecule has 1 rings (SSSR count). The summed E-state index contributed by atoms with van der Waals surface area (Å²) in [5.41, 5.74) is 0. The van der Waals surface area contributed by atoms with Crippen LogP contribution >= 0.6 is 0 Å². The van der Waals surface area contributed by atoms with Crippen LogP contribution in [0.25, 0.3) is 0 Å². The molecule has 6 heteroatoms. The van der Waals surface area contributed by atoms with Gasteiger partial charge < -0.3 is 10.1 Å². The van der Waals surface area contributed by atoms with Gasteiger partial charge in [-0.25, -0.2) is 4.68 Å². The first-order chi connectivity index (χ1) is 7.33. The number of ether oxygens (including phenoxy) is 1. The van der Waals surface area contributed by atoms with Crippen molar-refractivity contribution in [3.05, 3.63) is 5.82 Å². The van der Waals surface area contributed by atoms with Gasteiger partial charge in [-0.15, -0.1) is 5.10 Å². The van der Waals surface area contributed by atoms with Gasteiger partial charge in [-0.1, -0.05) is 13.8 Å². The van der Waals surface area contributed by atoms with E-state index in [1.54, 1.807) is 7.11 Å². The maximum Gasteiger partial charge on any atom is 0.165 e. The minimum absolute atomic E-state index is 0.221. The minimum atomic E-state index is 0.221. The van der Waals surface area contributed by atoms with Gasteiger partial charge in [0.05, 0.1) is 19.2 Å². The Bertz CT molecular complexity index is 275. The smallest absolute Gasteiger partial charge is 0.165 e. The molecule has 1 aromatic rings. The molecule has 0 aliphatic rings. The molecule has 0 aromatic carbocycles. The predicted octanol–water partition coefficient (Wildman–Crippen LogP) is 0.380. The van der Waals surface area contributed by atoms with E-state index in [0.29, 0.717) is 13.2 Å². The number of nitrogens with zero attached hydrogens (tertiary/aromatic N) is 4. The van der Waals surface area contributed by atoms with Crippen LogP contribution < -0.4 is 5.32 Å². The molecule has 0 bridgehead atoms. The molecule has 0 fully saturated rings. The molecule has 0 spiro atoms. The zero-order chi connectivity index (χ0) is 11.1. The Balaban J connectivity index is 2.68. The van der Waals surface area contributed by atoms with E-state index in [2.05, 4.69) is 34.7 Å². The Morgan fingerprint density at radius 3 is 2.87 bits per heavy atom. The van der Waals surface area contributed by atoms with E-state index < -0.39 is 0 Å². The summed E-state index contributed by atoms with van der Waals surface area (Å²) in [6.45, 7) is 6.40. The van der Waals surface area contributed by atoms with Gasteiger partial charge in [-0.2, -0.15) is 0 Å². The van der Waals surface area contributed by atoms with Crippen molar-refractivity contribution in [1.82, 2.24) is 25.5 Å². The van der Waals surface area contributed by atoms with Crippen molar-refractivity contribution < 1.29 is 4.74 Å². The second kappa shape index (κ2) is 6.47. The molecule has 0 saturated carbocycles. The van der Waals surface area contributed by atoms with Crippen LogP contribution in [0.15, 0.2) is 0 Å². The number of rotatable bonds is 7. The largest absolute Gasteiger partial charge is 0.382 e. The monoisotopic (exact) mass is 213 g/mol. The standard InChI is InChI=1S/C9H19N5O/c1-4-8(7-15-3)14-9(6-10-5-2)11-12-13-14/h8,10H,4-7H2,1-3H3. The third kappa shape index (κ3) is 3.24. The van der Waals surface area contributed by atoms with Crippen LogP contribution in [0.2, 0.25) is 0 Å². The second-order valence-electron chi connectivity index (χ2n) is 3.34. The summed E-state index contributed by atoms with van der Waals surface area (Å²) in [5, 5.41) is 14.9. The van der Waals surface area contributed by atoms with Crippen LogP contribution in [0.5, 0.6) is 0 Å². The zero-order valence-electron chi connectivity index (χ0n) is 9.60. The van der Waals surface area contributed by atoms with E-state index in [4.69, 9.17) is 4.74 Å². The maximum absolute atomic E-state index is 5.14. The van der Waals surface area contributed by atoms with Crippen LogP contribution in [-0.4, -0.2) is 40.5 Å². The Labute approximate surface area is 90.0 Å². The van der Waals surface area contributed by atoms with Crippen molar-refractivity contribution >= 4 is 0 Å². The van der Waals surface area contributed by atoms with Crippen LogP contribution in [0.3, 0.4) is 0 Å². The molecule has 0 aliphatic carbocycles. The predicted molar refractivity (Wildman–Crippen MR) is 56.4 cm³/mol. The molecule has 0 radical (unpaired) electrons. The summed E-state index contributed by atoms with van der Waals surface area (Å²) in [7, 11) is 1.69. The molecule has 0 amide bonds. The van der Waals surface area contributed by atoms with Gasteiger partial charge in [0.2, 0.25) is 0 Å². The van der Waals surface area contributed by atoms with Gasteiger partial charge in [0.15, 0.2) is 5.82 Å². The van der Waals surface area contributed by atoms with Crippen LogP contribution in [0, 0.1) is 0 Å². The third-order valence-electron chi connectivity index (χ3n) is 2.27. The molecular formula is C9H19N5O. The van der Waals surface area contributed by atoms with Crippen LogP contribution in [0.4, 0.5) is 0 Å². The van der Waals surface area contributed by atoms with Crippen LogP contribution in [-0.2, 0) is 11.3 Å². The van der Waals surface area contributed by atoms with Crippen LogP contribution in [0.1, 0.15) is 32.1 Å². The van der Waals surface area contributed by atoms with Crippen molar-refractivity contribution in [2.75, 3.05) is 20.3 Å². The molecule has 15 heavy (non-hydrogen) atoms. The Morgan fingerprint density at radius 1 is 1.47 bits per heavy atom.